The van der Waals surface area contributed by atoms with Gasteiger partial charge in [0.2, 0.25) is 0 Å². The van der Waals surface area contributed by atoms with E-state index in [1.165, 1.54) is 6.07 Å². The molecule has 1 aliphatic carbocycles. The lowest BCUT2D eigenvalue weighted by Crippen LogP contribution is -2.36. The maximum atomic E-state index is 15.2. The first-order valence-electron chi connectivity index (χ1n) is 9.33. The highest BCUT2D eigenvalue weighted by molar-refractivity contribution is 7.91. The number of nitrogens with one attached hydrogen (secondary N) is 2. The van der Waals surface area contributed by atoms with Crippen LogP contribution in [0.5, 0.6) is 5.75 Å². The van der Waals surface area contributed by atoms with E-state index in [9.17, 15) is 13.5 Å². The number of aromatic hydroxyl groups is 1. The molecule has 0 amide bonds. The molecule has 0 aromatic heterocycles. The van der Waals surface area contributed by atoms with Crippen molar-refractivity contribution < 1.29 is 17.9 Å². The SMILES string of the molecule is CC(C)CCCNC1CCc2cc(O)c(N3CCNS3(=O)=O)c(F)c2C1. The molecule has 8 heteroatoms. The predicted octanol–water partition coefficient (Wildman–Crippen LogP) is 2.07. The summed E-state index contributed by atoms with van der Waals surface area (Å²) in [6.45, 7) is 5.61. The van der Waals surface area contributed by atoms with Gasteiger partial charge < -0.3 is 10.4 Å². The van der Waals surface area contributed by atoms with E-state index in [-0.39, 0.29) is 30.6 Å². The van der Waals surface area contributed by atoms with Gasteiger partial charge in [0.1, 0.15) is 11.4 Å². The largest absolute Gasteiger partial charge is 0.506 e. The van der Waals surface area contributed by atoms with Gasteiger partial charge >= 0.3 is 10.2 Å². The summed E-state index contributed by atoms with van der Waals surface area (Å²) in [6.07, 6.45) is 4.31. The Hall–Kier alpha value is -1.38. The third kappa shape index (κ3) is 3.97. The maximum absolute atomic E-state index is 15.2. The van der Waals surface area contributed by atoms with Crippen molar-refractivity contribution in [3.05, 3.63) is 23.0 Å². The highest BCUT2D eigenvalue weighted by atomic mass is 32.2. The van der Waals surface area contributed by atoms with Crippen LogP contribution >= 0.6 is 0 Å². The fourth-order valence-electron chi connectivity index (χ4n) is 3.77. The van der Waals surface area contributed by atoms with Crippen molar-refractivity contribution in [3.63, 3.8) is 0 Å². The summed E-state index contributed by atoms with van der Waals surface area (Å²) in [5.74, 6) is -0.249. The Balaban J connectivity index is 1.78. The van der Waals surface area contributed by atoms with Gasteiger partial charge in [-0.15, -0.1) is 0 Å². The van der Waals surface area contributed by atoms with Crippen LogP contribution in [0.15, 0.2) is 6.07 Å². The van der Waals surface area contributed by atoms with Crippen molar-refractivity contribution in [3.8, 4) is 5.75 Å². The Kier molecular flexibility index (Phi) is 5.74. The van der Waals surface area contributed by atoms with Crippen LogP contribution in [0.1, 0.15) is 44.2 Å². The van der Waals surface area contributed by atoms with E-state index in [0.717, 1.165) is 35.7 Å². The number of anilines is 1. The van der Waals surface area contributed by atoms with E-state index in [1.807, 2.05) is 0 Å². The van der Waals surface area contributed by atoms with Gasteiger partial charge in [0.15, 0.2) is 5.82 Å². The monoisotopic (exact) mass is 385 g/mol. The van der Waals surface area contributed by atoms with Crippen LogP contribution in [-0.4, -0.2) is 39.2 Å². The lowest BCUT2D eigenvalue weighted by Gasteiger charge is -2.28. The Morgan fingerprint density at radius 3 is 2.88 bits per heavy atom. The molecule has 146 valence electrons. The van der Waals surface area contributed by atoms with Gasteiger partial charge in [-0.05, 0) is 61.8 Å². The molecule has 1 atom stereocenters. The fourth-order valence-corrected chi connectivity index (χ4v) is 5.02. The molecule has 6 nitrogen and oxygen atoms in total. The lowest BCUT2D eigenvalue weighted by molar-refractivity contribution is 0.422. The van der Waals surface area contributed by atoms with Crippen molar-refractivity contribution in [2.75, 3.05) is 23.9 Å². The number of nitrogens with zero attached hydrogens (tertiary/aromatic N) is 1. The van der Waals surface area contributed by atoms with Crippen molar-refractivity contribution in [2.24, 2.45) is 5.92 Å². The second kappa shape index (κ2) is 7.70. The Morgan fingerprint density at radius 1 is 1.46 bits per heavy atom. The molecule has 2 aliphatic rings. The molecular formula is C18H28FN3O3S. The standard InChI is InChI=1S/C18H28FN3O3S/c1-12(2)4-3-7-20-14-6-5-13-10-16(23)18(17(19)15(13)11-14)22-9-8-21-26(22,24)25/h10,12,14,20-21,23H,3-9,11H2,1-2H3. The van der Waals surface area contributed by atoms with E-state index < -0.39 is 16.0 Å². The molecule has 0 bridgehead atoms. The van der Waals surface area contributed by atoms with Crippen molar-refractivity contribution >= 4 is 15.9 Å². The van der Waals surface area contributed by atoms with Crippen molar-refractivity contribution in [1.29, 1.82) is 0 Å². The smallest absolute Gasteiger partial charge is 0.301 e. The number of rotatable bonds is 6. The average Bonchev–Trinajstić information content (AvgIpc) is 2.91. The second-order valence-electron chi connectivity index (χ2n) is 7.60. The van der Waals surface area contributed by atoms with Gasteiger partial charge in [-0.1, -0.05) is 13.8 Å². The molecule has 1 fully saturated rings. The number of halogens is 1. The molecule has 1 heterocycles. The molecule has 3 N–H and O–H groups in total. The van der Waals surface area contributed by atoms with E-state index in [0.29, 0.717) is 24.3 Å². The molecule has 1 saturated heterocycles. The highest BCUT2D eigenvalue weighted by Gasteiger charge is 2.35. The van der Waals surface area contributed by atoms with Gasteiger partial charge in [0.25, 0.3) is 0 Å². The quantitative estimate of drug-likeness (QED) is 0.655. The van der Waals surface area contributed by atoms with Gasteiger partial charge in [0, 0.05) is 19.1 Å². The van der Waals surface area contributed by atoms with Gasteiger partial charge in [0.05, 0.1) is 0 Å². The summed E-state index contributed by atoms with van der Waals surface area (Å²) in [4.78, 5) is 0. The Morgan fingerprint density at radius 2 is 2.23 bits per heavy atom. The maximum Gasteiger partial charge on any atom is 0.301 e. The Bertz CT molecular complexity index is 767. The third-order valence-electron chi connectivity index (χ3n) is 5.16. The second-order valence-corrected chi connectivity index (χ2v) is 9.28. The molecule has 0 radical (unpaired) electrons. The van der Waals surface area contributed by atoms with Crippen LogP contribution in [0.3, 0.4) is 0 Å². The topological polar surface area (TPSA) is 81.7 Å². The zero-order chi connectivity index (χ0) is 18.9. The molecule has 0 spiro atoms. The molecule has 0 saturated carbocycles. The molecule has 1 aliphatic heterocycles. The summed E-state index contributed by atoms with van der Waals surface area (Å²) < 4.78 is 42.5. The molecule has 3 rings (SSSR count). The number of hydrogen-bond donors (Lipinski definition) is 3. The zero-order valence-electron chi connectivity index (χ0n) is 15.4. The van der Waals surface area contributed by atoms with E-state index in [4.69, 9.17) is 0 Å². The third-order valence-corrected chi connectivity index (χ3v) is 6.67. The number of fused-ring (bicyclic) bond motifs is 1. The first kappa shape index (κ1) is 19.4. The molecular weight excluding hydrogens is 357 g/mol. The predicted molar refractivity (Wildman–Crippen MR) is 100 cm³/mol. The van der Waals surface area contributed by atoms with Crippen LogP contribution in [0.2, 0.25) is 0 Å². The highest BCUT2D eigenvalue weighted by Crippen LogP contribution is 2.39. The minimum atomic E-state index is -3.78. The zero-order valence-corrected chi connectivity index (χ0v) is 16.2. The van der Waals surface area contributed by atoms with E-state index in [1.54, 1.807) is 0 Å². The number of aryl methyl sites for hydroxylation is 1. The van der Waals surface area contributed by atoms with Gasteiger partial charge in [-0.2, -0.15) is 13.1 Å². The minimum Gasteiger partial charge on any atom is -0.506 e. The van der Waals surface area contributed by atoms with Crippen LogP contribution < -0.4 is 14.3 Å². The normalized spacial score (nSPS) is 22.0. The fraction of sp³-hybridized carbons (Fsp3) is 0.667. The number of phenols is 1. The van der Waals surface area contributed by atoms with Crippen LogP contribution in [0.4, 0.5) is 10.1 Å². The van der Waals surface area contributed by atoms with Crippen LogP contribution in [0, 0.1) is 11.7 Å². The summed E-state index contributed by atoms with van der Waals surface area (Å²) >= 11 is 0. The minimum absolute atomic E-state index is 0.114. The van der Waals surface area contributed by atoms with Gasteiger partial charge in [-0.25, -0.2) is 8.70 Å². The number of hydrogen-bond acceptors (Lipinski definition) is 4. The van der Waals surface area contributed by atoms with Crippen LogP contribution in [-0.2, 0) is 23.1 Å². The van der Waals surface area contributed by atoms with Gasteiger partial charge in [-0.3, -0.25) is 0 Å². The number of benzene rings is 1. The van der Waals surface area contributed by atoms with E-state index in [2.05, 4.69) is 23.9 Å². The van der Waals surface area contributed by atoms with Crippen molar-refractivity contribution in [1.82, 2.24) is 10.0 Å². The summed E-state index contributed by atoms with van der Waals surface area (Å²) in [5, 5.41) is 13.7. The number of phenolic OH excluding ortho intramolecular Hbond substituents is 1. The summed E-state index contributed by atoms with van der Waals surface area (Å²) in [5.41, 5.74) is 1.07. The molecule has 26 heavy (non-hydrogen) atoms. The molecule has 1 aromatic carbocycles. The first-order chi connectivity index (χ1) is 12.3. The van der Waals surface area contributed by atoms with Crippen LogP contribution in [0.25, 0.3) is 0 Å². The molecule has 1 unspecified atom stereocenters. The Labute approximate surface area is 155 Å². The first-order valence-corrected chi connectivity index (χ1v) is 10.8. The van der Waals surface area contributed by atoms with Crippen molar-refractivity contribution in [2.45, 2.75) is 52.0 Å². The average molecular weight is 386 g/mol. The summed E-state index contributed by atoms with van der Waals surface area (Å²) in [6, 6.07) is 1.70. The lowest BCUT2D eigenvalue weighted by atomic mass is 9.87. The van der Waals surface area contributed by atoms with E-state index >= 15 is 4.39 Å². The molecule has 1 aromatic rings. The summed E-state index contributed by atoms with van der Waals surface area (Å²) in [7, 11) is -3.78.